The number of piperazine rings is 3. The number of nitrogens with zero attached hydrogens (tertiary/aromatic N) is 11. The van der Waals surface area contributed by atoms with E-state index in [0.717, 1.165) is 111 Å². The quantitative estimate of drug-likeness (QED) is 0.0599. The Balaban J connectivity index is 0.000000149. The molecule has 31 heteroatoms. The lowest BCUT2D eigenvalue weighted by molar-refractivity contribution is -0.156. The van der Waals surface area contributed by atoms with E-state index in [1.165, 1.54) is 39.0 Å². The van der Waals surface area contributed by atoms with Gasteiger partial charge in [-0.15, -0.1) is 15.3 Å². The molecule has 0 bridgehead atoms. The van der Waals surface area contributed by atoms with Gasteiger partial charge >= 0.3 is 24.5 Å². The van der Waals surface area contributed by atoms with Crippen LogP contribution in [0.4, 0.5) is 74.0 Å². The lowest BCUT2D eigenvalue weighted by Gasteiger charge is -2.39. The van der Waals surface area contributed by atoms with E-state index in [-0.39, 0.29) is 52.3 Å². The minimum Gasteiger partial charge on any atom is -0.481 e. The molecule has 6 aromatic carbocycles. The molecular weight excluding hydrogens is 1470 g/mol. The topological polar surface area (TPSA) is 241 Å². The number of carboxylic acid groups (broad SMARTS) is 1. The number of rotatable bonds is 15. The number of alkyl halides is 9. The van der Waals surface area contributed by atoms with E-state index in [2.05, 4.69) is 83.4 Å². The molecule has 9 aromatic rings. The van der Waals surface area contributed by atoms with Gasteiger partial charge in [-0.1, -0.05) is 54.6 Å². The average molecular weight is 1560 g/mol. The Hall–Kier alpha value is -10.2. The molecule has 0 saturated carbocycles. The number of halogens is 9. The van der Waals surface area contributed by atoms with Crippen LogP contribution in [0.2, 0.25) is 0 Å². The third kappa shape index (κ3) is 18.4. The van der Waals surface area contributed by atoms with Crippen molar-refractivity contribution in [2.75, 3.05) is 149 Å². The SMILES string of the molecule is Cc1c([C@@H](C)Nc2nnc(C)c3ccc(N4CCN(C(=O)C5COC5)CC4)cc23)cccc1C(F)(F)F.Cc1c([C@@H](C)Nc2nnc(C)c3ccc(N4CCN(C(=O)C5COC5)CC4)cc23)cccc1C(F)(F)F.Cc1c([C@@H](C)Nc2nnc(C)c3ccc(N4CCNCC4)cc23)cccc1C(F)(F)F.O=C(O)C1COC1. The maximum atomic E-state index is 13.4. The van der Waals surface area contributed by atoms with Gasteiger partial charge in [-0.05, 0) is 150 Å². The van der Waals surface area contributed by atoms with Crippen molar-refractivity contribution in [3.8, 4) is 0 Å². The fourth-order valence-electron chi connectivity index (χ4n) is 14.8. The van der Waals surface area contributed by atoms with E-state index < -0.39 is 53.3 Å². The Morgan fingerprint density at radius 1 is 0.402 bits per heavy atom. The molecule has 0 unspecified atom stereocenters. The summed E-state index contributed by atoms with van der Waals surface area (Å²) in [5, 5.41) is 52.7. The summed E-state index contributed by atoms with van der Waals surface area (Å²) in [5.74, 6) is 0.959. The standard InChI is InChI=1S/2C27H30F3N5O2.C23H26F3N5.C4H6O3/c2*1-16-21(5-4-6-24(16)27(28,29)30)17(2)31-25-23-13-20(7-8-22(23)18(3)32-33-25)34-9-11-35(12-10-34)26(36)19-14-37-15-19;1-14-18(5-4-6-21(14)23(24,25)26)15(2)28-22-20-13-17(31-11-9-27-10-12-31)7-8-19(20)16(3)29-30-22;5-4(6)3-1-7-2-3/h2*4-8,13,17,19H,9-12,14-15H2,1-3H3,(H,31,33);4-8,13,15,27H,9-12H2,1-3H3,(H,28,30);3H,1-2H2,(H,5,6)/t2*17-;15-;/m111./s1. The fourth-order valence-corrected chi connectivity index (χ4v) is 14.8. The van der Waals surface area contributed by atoms with Gasteiger partial charge in [-0.3, -0.25) is 14.4 Å². The second-order valence-corrected chi connectivity index (χ2v) is 29.1. The highest BCUT2D eigenvalue weighted by atomic mass is 19.4. The number of amides is 2. The number of anilines is 6. The van der Waals surface area contributed by atoms with Crippen molar-refractivity contribution < 1.29 is 73.2 Å². The Morgan fingerprint density at radius 3 is 0.938 bits per heavy atom. The predicted molar refractivity (Wildman–Crippen MR) is 411 cm³/mol. The minimum atomic E-state index is -4.41. The second-order valence-electron chi connectivity index (χ2n) is 29.1. The number of aryl methyl sites for hydroxylation is 3. The highest BCUT2D eigenvalue weighted by molar-refractivity contribution is 5.98. The normalized spacial score (nSPS) is 17.3. The van der Waals surface area contributed by atoms with Gasteiger partial charge < -0.3 is 65.1 Å². The maximum absolute atomic E-state index is 13.4. The number of carboxylic acids is 1. The lowest BCUT2D eigenvalue weighted by atomic mass is 9.97. The summed E-state index contributed by atoms with van der Waals surface area (Å²) in [6, 6.07) is 30.0. The molecule has 2 amide bonds. The molecule has 6 saturated heterocycles. The van der Waals surface area contributed by atoms with Gasteiger partial charge in [-0.2, -0.15) is 54.8 Å². The van der Waals surface area contributed by atoms with Gasteiger partial charge in [0.2, 0.25) is 11.8 Å². The number of nitrogens with one attached hydrogen (secondary N) is 4. The van der Waals surface area contributed by atoms with Crippen LogP contribution < -0.4 is 36.0 Å². The molecule has 0 spiro atoms. The Labute approximate surface area is 642 Å². The number of carbonyl (C=O) groups is 3. The molecule has 596 valence electrons. The van der Waals surface area contributed by atoms with Crippen LogP contribution in [0.25, 0.3) is 32.3 Å². The third-order valence-corrected chi connectivity index (χ3v) is 21.7. The van der Waals surface area contributed by atoms with Crippen molar-refractivity contribution in [3.05, 3.63) is 176 Å². The summed E-state index contributed by atoms with van der Waals surface area (Å²) >= 11 is 0. The van der Waals surface area contributed by atoms with Gasteiger partial charge in [0.15, 0.2) is 17.5 Å². The Bertz CT molecular complexity index is 4680. The molecular formula is C81H92F9N15O7. The molecule has 112 heavy (non-hydrogen) atoms. The Morgan fingerprint density at radius 2 is 0.688 bits per heavy atom. The molecule has 3 atom stereocenters. The zero-order valence-corrected chi connectivity index (χ0v) is 63.8. The van der Waals surface area contributed by atoms with E-state index in [1.807, 2.05) is 93.8 Å². The third-order valence-electron chi connectivity index (χ3n) is 21.7. The monoisotopic (exact) mass is 1560 g/mol. The number of carbonyl (C=O) groups excluding carboxylic acids is 2. The van der Waals surface area contributed by atoms with Crippen LogP contribution >= 0.6 is 0 Å². The first-order valence-corrected chi connectivity index (χ1v) is 37.4. The zero-order valence-electron chi connectivity index (χ0n) is 63.8. The molecule has 0 radical (unpaired) electrons. The van der Waals surface area contributed by atoms with E-state index in [4.69, 9.17) is 14.6 Å². The molecule has 6 fully saturated rings. The molecule has 0 aliphatic carbocycles. The number of aliphatic carboxylic acids is 1. The molecule has 3 aromatic heterocycles. The summed E-state index contributed by atoms with van der Waals surface area (Å²) in [6.45, 7) is 27.7. The van der Waals surface area contributed by atoms with Gasteiger partial charge in [0.25, 0.3) is 0 Å². The summed E-state index contributed by atoms with van der Waals surface area (Å²) < 4.78 is 136. The molecule has 9 heterocycles. The van der Waals surface area contributed by atoms with Crippen molar-refractivity contribution in [2.45, 2.75) is 99.0 Å². The maximum Gasteiger partial charge on any atom is 0.416 e. The van der Waals surface area contributed by atoms with E-state index in [0.29, 0.717) is 126 Å². The molecule has 22 nitrogen and oxygen atoms in total. The number of benzene rings is 6. The summed E-state index contributed by atoms with van der Waals surface area (Å²) in [7, 11) is 0. The van der Waals surface area contributed by atoms with Gasteiger partial charge in [0.1, 0.15) is 5.92 Å². The first kappa shape index (κ1) is 81.3. The van der Waals surface area contributed by atoms with Crippen molar-refractivity contribution in [2.24, 2.45) is 17.8 Å². The molecule has 6 aliphatic heterocycles. The van der Waals surface area contributed by atoms with Crippen LogP contribution in [0.3, 0.4) is 0 Å². The molecule has 5 N–H and O–H groups in total. The number of ether oxygens (including phenoxy) is 3. The largest absolute Gasteiger partial charge is 0.481 e. The van der Waals surface area contributed by atoms with Crippen LogP contribution in [0, 0.1) is 59.3 Å². The van der Waals surface area contributed by atoms with E-state index in [9.17, 15) is 53.9 Å². The predicted octanol–water partition coefficient (Wildman–Crippen LogP) is 14.0. The van der Waals surface area contributed by atoms with Crippen LogP contribution in [0.15, 0.2) is 109 Å². The smallest absolute Gasteiger partial charge is 0.416 e. The summed E-state index contributed by atoms with van der Waals surface area (Å²) in [5.41, 5.74) is 5.90. The van der Waals surface area contributed by atoms with Crippen LogP contribution in [-0.2, 0) is 47.1 Å². The van der Waals surface area contributed by atoms with Crippen molar-refractivity contribution >= 4 is 84.6 Å². The van der Waals surface area contributed by atoms with E-state index >= 15 is 0 Å². The summed E-state index contributed by atoms with van der Waals surface area (Å²) in [4.78, 5) is 45.6. The van der Waals surface area contributed by atoms with Crippen molar-refractivity contribution in [1.82, 2.24) is 45.7 Å². The minimum absolute atomic E-state index is 0.00940. The first-order chi connectivity index (χ1) is 53.3. The number of hydrogen-bond donors (Lipinski definition) is 5. The first-order valence-electron chi connectivity index (χ1n) is 37.4. The zero-order chi connectivity index (χ0) is 80.1. The average Bonchev–Trinajstić information content (AvgIpc) is 0.789. The van der Waals surface area contributed by atoms with Crippen LogP contribution in [-0.4, -0.2) is 181 Å². The van der Waals surface area contributed by atoms with Crippen LogP contribution in [0.1, 0.15) is 106 Å². The van der Waals surface area contributed by atoms with Crippen molar-refractivity contribution in [3.63, 3.8) is 0 Å². The van der Waals surface area contributed by atoms with Gasteiger partial charge in [0, 0.05) is 128 Å². The van der Waals surface area contributed by atoms with Gasteiger partial charge in [0.05, 0.1) is 103 Å². The molecule has 6 aliphatic rings. The fraction of sp³-hybridized carbons (Fsp3) is 0.444. The number of fused-ring (bicyclic) bond motifs is 3. The summed E-state index contributed by atoms with van der Waals surface area (Å²) in [6.07, 6.45) is -13.2. The van der Waals surface area contributed by atoms with Crippen molar-refractivity contribution in [1.29, 1.82) is 0 Å². The van der Waals surface area contributed by atoms with E-state index in [1.54, 1.807) is 18.2 Å². The Kier molecular flexibility index (Phi) is 24.9. The van der Waals surface area contributed by atoms with Crippen LogP contribution in [0.5, 0.6) is 0 Å². The number of hydrogen-bond acceptors (Lipinski definition) is 19. The highest BCUT2D eigenvalue weighted by Crippen LogP contribution is 2.41. The number of aromatic nitrogens is 6. The molecule has 15 rings (SSSR count). The second kappa shape index (κ2) is 34.4. The highest BCUT2D eigenvalue weighted by Gasteiger charge is 2.38. The van der Waals surface area contributed by atoms with Gasteiger partial charge in [-0.25, -0.2) is 0 Å². The lowest BCUT2D eigenvalue weighted by Crippen LogP contribution is -2.53.